The Bertz CT molecular complexity index is 1070. The lowest BCUT2D eigenvalue weighted by molar-refractivity contribution is -0.136. The zero-order chi connectivity index (χ0) is 28.1. The molecule has 2 fully saturated rings. The number of nitriles is 1. The number of hydrogen-bond donors (Lipinski definition) is 1. The summed E-state index contributed by atoms with van der Waals surface area (Å²) < 4.78 is 0. The highest BCUT2D eigenvalue weighted by Gasteiger charge is 2.45. The number of nitrogens with two attached hydrogens (primary N) is 1. The van der Waals surface area contributed by atoms with Crippen LogP contribution in [0.15, 0.2) is 18.2 Å². The molecule has 0 spiro atoms. The van der Waals surface area contributed by atoms with Gasteiger partial charge in [0.2, 0.25) is 11.8 Å². The minimum atomic E-state index is -0.775. The van der Waals surface area contributed by atoms with Crippen LogP contribution in [0.5, 0.6) is 0 Å². The van der Waals surface area contributed by atoms with Gasteiger partial charge in [0.15, 0.2) is 0 Å². The summed E-state index contributed by atoms with van der Waals surface area (Å²) in [7, 11) is 5.33. The molecule has 1 heterocycles. The molecule has 0 aromatic heterocycles. The predicted octanol–water partition coefficient (Wildman–Crippen LogP) is 2.41. The van der Waals surface area contributed by atoms with Crippen molar-refractivity contribution in [2.24, 2.45) is 11.7 Å². The maximum absolute atomic E-state index is 13.4. The van der Waals surface area contributed by atoms with Crippen LogP contribution in [0.3, 0.4) is 0 Å². The molecular formula is C29H44N6O3. The second-order valence-corrected chi connectivity index (χ2v) is 10.6. The van der Waals surface area contributed by atoms with Gasteiger partial charge < -0.3 is 20.4 Å². The lowest BCUT2D eigenvalue weighted by Gasteiger charge is -2.30. The van der Waals surface area contributed by atoms with Gasteiger partial charge >= 0.3 is 0 Å². The Morgan fingerprint density at radius 1 is 1.21 bits per heavy atom. The van der Waals surface area contributed by atoms with E-state index >= 15 is 0 Å². The van der Waals surface area contributed by atoms with Gasteiger partial charge in [-0.2, -0.15) is 5.26 Å². The Labute approximate surface area is 227 Å². The molecule has 0 bridgehead atoms. The van der Waals surface area contributed by atoms with E-state index in [-0.39, 0.29) is 48.9 Å². The van der Waals surface area contributed by atoms with Gasteiger partial charge in [0.25, 0.3) is 5.91 Å². The molecule has 5 atom stereocenters. The Hall–Kier alpha value is -2.96. The summed E-state index contributed by atoms with van der Waals surface area (Å²) >= 11 is 0. The summed E-state index contributed by atoms with van der Waals surface area (Å²) in [5, 5.41) is 9.20. The van der Waals surface area contributed by atoms with E-state index in [9.17, 15) is 19.6 Å². The first kappa shape index (κ1) is 29.6. The van der Waals surface area contributed by atoms with Crippen molar-refractivity contribution >= 4 is 17.7 Å². The molecular weight excluding hydrogens is 480 g/mol. The summed E-state index contributed by atoms with van der Waals surface area (Å²) in [4.78, 5) is 45.9. The van der Waals surface area contributed by atoms with E-state index in [1.165, 1.54) is 0 Å². The molecule has 1 aromatic rings. The highest BCUT2D eigenvalue weighted by molar-refractivity contribution is 5.94. The minimum absolute atomic E-state index is 0.0108. The van der Waals surface area contributed by atoms with Crippen LogP contribution in [0, 0.1) is 17.2 Å². The fraction of sp³-hybridized carbons (Fsp3) is 0.655. The summed E-state index contributed by atoms with van der Waals surface area (Å²) in [6.45, 7) is 7.07. The molecule has 0 radical (unpaired) electrons. The van der Waals surface area contributed by atoms with E-state index in [0.717, 1.165) is 36.8 Å². The Morgan fingerprint density at radius 3 is 2.53 bits per heavy atom. The van der Waals surface area contributed by atoms with Gasteiger partial charge in [-0.15, -0.1) is 0 Å². The van der Waals surface area contributed by atoms with Crippen LogP contribution in [0.25, 0.3) is 0 Å². The first-order valence-electron chi connectivity index (χ1n) is 14.0. The molecule has 5 unspecified atom stereocenters. The van der Waals surface area contributed by atoms with Crippen LogP contribution in [0.1, 0.15) is 74.0 Å². The molecule has 1 aliphatic heterocycles. The Kier molecular flexibility index (Phi) is 9.91. The summed E-state index contributed by atoms with van der Waals surface area (Å²) in [5.74, 6) is 0.278. The summed E-state index contributed by atoms with van der Waals surface area (Å²) in [6.07, 6.45) is 4.28. The maximum atomic E-state index is 13.4. The largest absolute Gasteiger partial charge is 0.345 e. The van der Waals surface area contributed by atoms with E-state index in [4.69, 9.17) is 5.73 Å². The van der Waals surface area contributed by atoms with E-state index in [1.807, 2.05) is 48.9 Å². The standard InChI is InChI=1S/C27H38N6O3.C2H6/c1-5-17-15-24(17)33(13-11-28)26(35)21(29)16-31(4)23-10-12-32(27(23)36)22-9-7-18-14-19(6-8-20(18)22)25(34)30(2)3;1-2/h6,8,14,17,21-24H,5,7,9-10,12-13,15-16,29H2,1-4H3;1-2H3. The number of carbonyl (C=O) groups is 3. The molecule has 1 aromatic carbocycles. The number of likely N-dealkylation sites (N-methyl/N-ethyl adjacent to an activating group) is 1. The topological polar surface area (TPSA) is 114 Å². The van der Waals surface area contributed by atoms with Gasteiger partial charge in [0.1, 0.15) is 6.54 Å². The number of benzene rings is 1. The minimum Gasteiger partial charge on any atom is -0.345 e. The number of amides is 3. The number of carbonyl (C=O) groups excluding carboxylic acids is 3. The zero-order valence-corrected chi connectivity index (χ0v) is 23.8. The molecule has 2 aliphatic carbocycles. The molecule has 3 amide bonds. The normalized spacial score (nSPS) is 24.3. The third kappa shape index (κ3) is 6.02. The Morgan fingerprint density at radius 2 is 1.92 bits per heavy atom. The molecule has 3 aliphatic rings. The molecule has 1 saturated heterocycles. The van der Waals surface area contributed by atoms with Gasteiger partial charge in [0.05, 0.1) is 24.2 Å². The van der Waals surface area contributed by atoms with Crippen molar-refractivity contribution in [1.82, 2.24) is 19.6 Å². The molecule has 2 N–H and O–H groups in total. The monoisotopic (exact) mass is 524 g/mol. The van der Waals surface area contributed by atoms with Crippen LogP contribution < -0.4 is 5.73 Å². The average molecular weight is 525 g/mol. The third-order valence-electron chi connectivity index (χ3n) is 8.10. The molecule has 208 valence electrons. The van der Waals surface area contributed by atoms with Crippen molar-refractivity contribution in [1.29, 1.82) is 5.26 Å². The third-order valence-corrected chi connectivity index (χ3v) is 8.10. The van der Waals surface area contributed by atoms with Crippen molar-refractivity contribution in [2.45, 2.75) is 77.0 Å². The smallest absolute Gasteiger partial charge is 0.253 e. The second kappa shape index (κ2) is 12.7. The van der Waals surface area contributed by atoms with E-state index in [2.05, 4.69) is 13.0 Å². The highest BCUT2D eigenvalue weighted by atomic mass is 16.2. The van der Waals surface area contributed by atoms with Gasteiger partial charge in [-0.05, 0) is 61.9 Å². The predicted molar refractivity (Wildman–Crippen MR) is 147 cm³/mol. The summed E-state index contributed by atoms with van der Waals surface area (Å²) in [6, 6.07) is 6.93. The number of nitrogens with zero attached hydrogens (tertiary/aromatic N) is 5. The van der Waals surface area contributed by atoms with Crippen LogP contribution in [0.4, 0.5) is 0 Å². The van der Waals surface area contributed by atoms with Gasteiger partial charge in [-0.25, -0.2) is 0 Å². The van der Waals surface area contributed by atoms with Crippen molar-refractivity contribution in [3.05, 3.63) is 34.9 Å². The molecule has 4 rings (SSSR count). The zero-order valence-electron chi connectivity index (χ0n) is 23.8. The van der Waals surface area contributed by atoms with Crippen molar-refractivity contribution in [2.75, 3.05) is 40.8 Å². The van der Waals surface area contributed by atoms with Crippen molar-refractivity contribution < 1.29 is 14.4 Å². The average Bonchev–Trinajstić information content (AvgIpc) is 3.43. The molecule has 1 saturated carbocycles. The maximum Gasteiger partial charge on any atom is 0.253 e. The number of aryl methyl sites for hydroxylation is 1. The second-order valence-electron chi connectivity index (χ2n) is 10.6. The van der Waals surface area contributed by atoms with Crippen molar-refractivity contribution in [3.63, 3.8) is 0 Å². The van der Waals surface area contributed by atoms with E-state index < -0.39 is 6.04 Å². The van der Waals surface area contributed by atoms with Gasteiger partial charge in [0, 0.05) is 38.8 Å². The fourth-order valence-electron chi connectivity index (χ4n) is 5.93. The van der Waals surface area contributed by atoms with Crippen LogP contribution >= 0.6 is 0 Å². The van der Waals surface area contributed by atoms with Gasteiger partial charge in [-0.1, -0.05) is 33.3 Å². The Balaban J connectivity index is 0.00000195. The van der Waals surface area contributed by atoms with E-state index in [0.29, 0.717) is 24.4 Å². The number of likely N-dealkylation sites (tertiary alicyclic amines) is 1. The number of hydrogen-bond acceptors (Lipinski definition) is 6. The first-order valence-corrected chi connectivity index (χ1v) is 14.0. The fourth-order valence-corrected chi connectivity index (χ4v) is 5.93. The lowest BCUT2D eigenvalue weighted by Crippen LogP contribution is -2.52. The van der Waals surface area contributed by atoms with Crippen molar-refractivity contribution in [3.8, 4) is 6.07 Å². The first-order chi connectivity index (χ1) is 18.2. The van der Waals surface area contributed by atoms with E-state index in [1.54, 1.807) is 23.9 Å². The SMILES string of the molecule is CC.CCC1CC1N(CC#N)C(=O)C(N)CN(C)C1CCN(C2CCc3cc(C(=O)N(C)C)ccc32)C1=O. The highest BCUT2D eigenvalue weighted by Crippen LogP contribution is 2.40. The molecule has 9 nitrogen and oxygen atoms in total. The molecule has 9 heteroatoms. The van der Waals surface area contributed by atoms with Gasteiger partial charge in [-0.3, -0.25) is 19.3 Å². The summed E-state index contributed by atoms with van der Waals surface area (Å²) in [5.41, 5.74) is 9.22. The molecule has 38 heavy (non-hydrogen) atoms. The quantitative estimate of drug-likeness (QED) is 0.496. The van der Waals surface area contributed by atoms with Crippen LogP contribution in [-0.4, -0.2) is 96.2 Å². The number of fused-ring (bicyclic) bond motifs is 1. The lowest BCUT2D eigenvalue weighted by atomic mass is 10.0. The van der Waals surface area contributed by atoms with Crippen LogP contribution in [-0.2, 0) is 16.0 Å². The van der Waals surface area contributed by atoms with Crippen LogP contribution in [0.2, 0.25) is 0 Å². The number of rotatable bonds is 9.